The highest BCUT2D eigenvalue weighted by molar-refractivity contribution is 5.97. The minimum absolute atomic E-state index is 0.0504. The standard InChI is InChI=1S/C25H27N3O3/c1-2-22(27-24(29)18-5-3-17(16-26)4-6-18)20-7-8-23-21(15-20)9-12-28(23)25(30)19-10-13-31-14-11-19/h3-8,15,19,22H,2,9-14H2,1H3,(H,27,29). The molecule has 1 fully saturated rings. The summed E-state index contributed by atoms with van der Waals surface area (Å²) in [5.74, 6) is 0.0959. The Balaban J connectivity index is 1.47. The first-order valence-electron chi connectivity index (χ1n) is 10.9. The fraction of sp³-hybridized carbons (Fsp3) is 0.400. The molecule has 0 aromatic heterocycles. The number of nitriles is 1. The number of benzene rings is 2. The van der Waals surface area contributed by atoms with Crippen molar-refractivity contribution in [1.82, 2.24) is 5.32 Å². The second-order valence-corrected chi connectivity index (χ2v) is 8.14. The van der Waals surface area contributed by atoms with Gasteiger partial charge in [-0.15, -0.1) is 0 Å². The van der Waals surface area contributed by atoms with E-state index in [2.05, 4.69) is 17.5 Å². The number of ether oxygens (including phenoxy) is 1. The zero-order valence-corrected chi connectivity index (χ0v) is 17.8. The van der Waals surface area contributed by atoms with Crippen LogP contribution in [0.4, 0.5) is 5.69 Å². The van der Waals surface area contributed by atoms with E-state index >= 15 is 0 Å². The van der Waals surface area contributed by atoms with Crippen LogP contribution in [0.25, 0.3) is 0 Å². The van der Waals surface area contributed by atoms with Crippen molar-refractivity contribution in [2.45, 2.75) is 38.6 Å². The van der Waals surface area contributed by atoms with Crippen LogP contribution in [0.1, 0.15) is 59.3 Å². The highest BCUT2D eigenvalue weighted by Crippen LogP contribution is 2.33. The van der Waals surface area contributed by atoms with Crippen LogP contribution < -0.4 is 10.2 Å². The van der Waals surface area contributed by atoms with Gasteiger partial charge in [0.05, 0.1) is 17.7 Å². The molecule has 0 saturated carbocycles. The lowest BCUT2D eigenvalue weighted by atomic mass is 9.98. The van der Waals surface area contributed by atoms with Crippen molar-refractivity contribution >= 4 is 17.5 Å². The van der Waals surface area contributed by atoms with E-state index in [1.807, 2.05) is 24.0 Å². The van der Waals surface area contributed by atoms with Crippen molar-refractivity contribution in [2.75, 3.05) is 24.7 Å². The largest absolute Gasteiger partial charge is 0.381 e. The van der Waals surface area contributed by atoms with Gasteiger partial charge in [0.1, 0.15) is 0 Å². The summed E-state index contributed by atoms with van der Waals surface area (Å²) in [6, 6.07) is 14.7. The Morgan fingerprint density at radius 3 is 2.61 bits per heavy atom. The van der Waals surface area contributed by atoms with E-state index in [1.165, 1.54) is 0 Å². The van der Waals surface area contributed by atoms with Crippen LogP contribution in [-0.2, 0) is 16.0 Å². The number of nitrogens with one attached hydrogen (secondary N) is 1. The zero-order valence-electron chi connectivity index (χ0n) is 17.8. The van der Waals surface area contributed by atoms with Crippen LogP contribution in [0, 0.1) is 17.2 Å². The molecule has 1 unspecified atom stereocenters. The van der Waals surface area contributed by atoms with E-state index in [1.54, 1.807) is 24.3 Å². The van der Waals surface area contributed by atoms with Crippen LogP contribution in [0.15, 0.2) is 42.5 Å². The number of rotatable bonds is 5. The summed E-state index contributed by atoms with van der Waals surface area (Å²) in [6.07, 6.45) is 3.17. The minimum Gasteiger partial charge on any atom is -0.381 e. The number of nitrogens with zero attached hydrogens (tertiary/aromatic N) is 2. The monoisotopic (exact) mass is 417 g/mol. The van der Waals surface area contributed by atoms with Gasteiger partial charge in [0.25, 0.3) is 5.91 Å². The summed E-state index contributed by atoms with van der Waals surface area (Å²) in [5, 5.41) is 12.0. The molecular weight excluding hydrogens is 390 g/mol. The Morgan fingerprint density at radius 1 is 1.19 bits per heavy atom. The Kier molecular flexibility index (Phi) is 6.34. The fourth-order valence-corrected chi connectivity index (χ4v) is 4.39. The molecule has 0 bridgehead atoms. The molecule has 31 heavy (non-hydrogen) atoms. The van der Waals surface area contributed by atoms with Crippen molar-refractivity contribution in [3.8, 4) is 6.07 Å². The maximum absolute atomic E-state index is 13.0. The Morgan fingerprint density at radius 2 is 1.94 bits per heavy atom. The molecule has 160 valence electrons. The average molecular weight is 418 g/mol. The molecule has 2 aliphatic rings. The second-order valence-electron chi connectivity index (χ2n) is 8.14. The normalized spacial score (nSPS) is 17.0. The topological polar surface area (TPSA) is 82.4 Å². The van der Waals surface area contributed by atoms with Crippen molar-refractivity contribution in [3.05, 3.63) is 64.7 Å². The third-order valence-corrected chi connectivity index (χ3v) is 6.23. The number of fused-ring (bicyclic) bond motifs is 1. The third-order valence-electron chi connectivity index (χ3n) is 6.23. The molecule has 0 spiro atoms. The van der Waals surface area contributed by atoms with Gasteiger partial charge in [0.2, 0.25) is 5.91 Å². The second kappa shape index (κ2) is 9.32. The summed E-state index contributed by atoms with van der Waals surface area (Å²) in [6.45, 7) is 4.07. The van der Waals surface area contributed by atoms with Crippen molar-refractivity contribution in [1.29, 1.82) is 5.26 Å². The zero-order chi connectivity index (χ0) is 21.8. The Hall–Kier alpha value is -3.17. The molecular formula is C25H27N3O3. The summed E-state index contributed by atoms with van der Waals surface area (Å²) in [5.41, 5.74) is 4.26. The van der Waals surface area contributed by atoms with E-state index < -0.39 is 0 Å². The van der Waals surface area contributed by atoms with Gasteiger partial charge in [0, 0.05) is 36.9 Å². The first-order chi connectivity index (χ1) is 15.1. The molecule has 2 heterocycles. The fourth-order valence-electron chi connectivity index (χ4n) is 4.39. The molecule has 6 nitrogen and oxygen atoms in total. The summed E-state index contributed by atoms with van der Waals surface area (Å²) in [7, 11) is 0. The first kappa shape index (κ1) is 21.1. The van der Waals surface area contributed by atoms with Crippen molar-refractivity contribution in [3.63, 3.8) is 0 Å². The van der Waals surface area contributed by atoms with Gasteiger partial charge in [0.15, 0.2) is 0 Å². The van der Waals surface area contributed by atoms with Crippen LogP contribution in [0.5, 0.6) is 0 Å². The summed E-state index contributed by atoms with van der Waals surface area (Å²) in [4.78, 5) is 27.6. The molecule has 1 atom stereocenters. The Bertz CT molecular complexity index is 1000. The number of hydrogen-bond acceptors (Lipinski definition) is 4. The number of amides is 2. The molecule has 0 aliphatic carbocycles. The molecule has 2 amide bonds. The number of carbonyl (C=O) groups is 2. The first-order valence-corrected chi connectivity index (χ1v) is 10.9. The van der Waals surface area contributed by atoms with Gasteiger partial charge in [-0.2, -0.15) is 5.26 Å². The van der Waals surface area contributed by atoms with Gasteiger partial charge < -0.3 is 15.0 Å². The lowest BCUT2D eigenvalue weighted by Gasteiger charge is -2.27. The average Bonchev–Trinajstić information content (AvgIpc) is 3.25. The van der Waals surface area contributed by atoms with Crippen molar-refractivity contribution < 1.29 is 14.3 Å². The SMILES string of the molecule is CCC(NC(=O)c1ccc(C#N)cc1)c1ccc2c(c1)CCN2C(=O)C1CCOCC1. The quantitative estimate of drug-likeness (QED) is 0.803. The number of carbonyl (C=O) groups excluding carboxylic acids is 2. The van der Waals surface area contributed by atoms with Gasteiger partial charge >= 0.3 is 0 Å². The molecule has 0 radical (unpaired) electrons. The smallest absolute Gasteiger partial charge is 0.251 e. The van der Waals surface area contributed by atoms with Gasteiger partial charge in [-0.05, 0) is 67.1 Å². The number of hydrogen-bond donors (Lipinski definition) is 1. The summed E-state index contributed by atoms with van der Waals surface area (Å²) < 4.78 is 5.39. The molecule has 1 saturated heterocycles. The predicted octanol–water partition coefficient (Wildman–Crippen LogP) is 3.76. The minimum atomic E-state index is -0.159. The van der Waals surface area contributed by atoms with E-state index in [9.17, 15) is 9.59 Å². The molecule has 2 aliphatic heterocycles. The van der Waals surface area contributed by atoms with Crippen LogP contribution in [-0.4, -0.2) is 31.6 Å². The predicted molar refractivity (Wildman–Crippen MR) is 118 cm³/mol. The molecule has 2 aromatic rings. The van der Waals surface area contributed by atoms with Crippen LogP contribution >= 0.6 is 0 Å². The van der Waals surface area contributed by atoms with Crippen molar-refractivity contribution in [2.24, 2.45) is 5.92 Å². The molecule has 2 aromatic carbocycles. The maximum Gasteiger partial charge on any atom is 0.251 e. The van der Waals surface area contributed by atoms with Crippen LogP contribution in [0.3, 0.4) is 0 Å². The summed E-state index contributed by atoms with van der Waals surface area (Å²) >= 11 is 0. The van der Waals surface area contributed by atoms with Gasteiger partial charge in [-0.25, -0.2) is 0 Å². The number of anilines is 1. The van der Waals surface area contributed by atoms with E-state index in [-0.39, 0.29) is 23.8 Å². The highest BCUT2D eigenvalue weighted by atomic mass is 16.5. The van der Waals surface area contributed by atoms with E-state index in [0.717, 1.165) is 42.5 Å². The Labute approximate surface area is 182 Å². The van der Waals surface area contributed by atoms with E-state index in [0.29, 0.717) is 30.9 Å². The van der Waals surface area contributed by atoms with Crippen LogP contribution in [0.2, 0.25) is 0 Å². The lowest BCUT2D eigenvalue weighted by molar-refractivity contribution is -0.125. The van der Waals surface area contributed by atoms with E-state index in [4.69, 9.17) is 10.00 Å². The third kappa shape index (κ3) is 4.47. The molecule has 6 heteroatoms. The van der Waals surface area contributed by atoms with Gasteiger partial charge in [-0.3, -0.25) is 9.59 Å². The lowest BCUT2D eigenvalue weighted by Crippen LogP contribution is -2.37. The maximum atomic E-state index is 13.0. The molecule has 4 rings (SSSR count). The highest BCUT2D eigenvalue weighted by Gasteiger charge is 2.31. The molecule has 1 N–H and O–H groups in total. The van der Waals surface area contributed by atoms with Gasteiger partial charge in [-0.1, -0.05) is 19.1 Å².